The van der Waals surface area contributed by atoms with Gasteiger partial charge in [-0.15, -0.1) is 11.3 Å². The number of likely N-dealkylation sites (tertiary alicyclic amines) is 2. The maximum Gasteiger partial charge on any atom is 0.321 e. The summed E-state index contributed by atoms with van der Waals surface area (Å²) in [6, 6.07) is 16.0. The second kappa shape index (κ2) is 8.67. The number of nitrogens with zero attached hydrogens (tertiary/aromatic N) is 3. The second-order valence-corrected chi connectivity index (χ2v) is 9.39. The maximum atomic E-state index is 12.7. The molecule has 0 radical (unpaired) electrons. The van der Waals surface area contributed by atoms with Crippen LogP contribution in [0.5, 0.6) is 0 Å². The third kappa shape index (κ3) is 4.42. The van der Waals surface area contributed by atoms with Gasteiger partial charge in [0.05, 0.1) is 15.2 Å². The number of anilines is 1. The van der Waals surface area contributed by atoms with Gasteiger partial charge in [0.2, 0.25) is 5.91 Å². The average Bonchev–Trinajstić information content (AvgIpc) is 3.41. The number of carbonyl (C=O) groups is 2. The van der Waals surface area contributed by atoms with Crippen LogP contribution >= 0.6 is 11.3 Å². The number of piperidine rings is 1. The Morgan fingerprint density at radius 1 is 1.06 bits per heavy atom. The van der Waals surface area contributed by atoms with Gasteiger partial charge in [-0.3, -0.25) is 4.79 Å². The van der Waals surface area contributed by atoms with Crippen molar-refractivity contribution < 1.29 is 9.59 Å². The van der Waals surface area contributed by atoms with Crippen molar-refractivity contribution in [3.05, 3.63) is 59.1 Å². The molecule has 3 aromatic rings. The van der Waals surface area contributed by atoms with Crippen LogP contribution in [0.2, 0.25) is 0 Å². The summed E-state index contributed by atoms with van der Waals surface area (Å²) in [5.74, 6) is 0.653. The quantitative estimate of drug-likeness (QED) is 0.640. The zero-order valence-electron chi connectivity index (χ0n) is 17.4. The Morgan fingerprint density at radius 3 is 2.55 bits per heavy atom. The molecule has 2 aliphatic heterocycles. The molecule has 0 unspecified atom stereocenters. The van der Waals surface area contributed by atoms with Crippen LogP contribution < -0.4 is 5.32 Å². The van der Waals surface area contributed by atoms with E-state index < -0.39 is 0 Å². The number of hydrogen-bond acceptors (Lipinski definition) is 4. The van der Waals surface area contributed by atoms with E-state index in [0.717, 1.165) is 55.7 Å². The monoisotopic (exact) mass is 434 g/mol. The van der Waals surface area contributed by atoms with Gasteiger partial charge < -0.3 is 15.1 Å². The molecule has 2 aliphatic rings. The Balaban J connectivity index is 1.14. The first-order valence-corrected chi connectivity index (χ1v) is 11.8. The number of benzene rings is 2. The van der Waals surface area contributed by atoms with E-state index in [0.29, 0.717) is 18.9 Å². The SMILES string of the molecule is O=C1CCCN1Cc1ccc(NC(=O)N2CCC(c3nc4ccccc4s3)CC2)cc1. The predicted octanol–water partition coefficient (Wildman–Crippen LogP) is 4.83. The van der Waals surface area contributed by atoms with Crippen molar-refractivity contribution in [3.8, 4) is 0 Å². The van der Waals surface area contributed by atoms with Crippen molar-refractivity contribution in [2.75, 3.05) is 25.0 Å². The van der Waals surface area contributed by atoms with Crippen LogP contribution in [0.1, 0.15) is 42.2 Å². The minimum absolute atomic E-state index is 0.0507. The van der Waals surface area contributed by atoms with Crippen LogP contribution in [-0.2, 0) is 11.3 Å². The number of amides is 3. The Bertz CT molecular complexity index is 1050. The summed E-state index contributed by atoms with van der Waals surface area (Å²) < 4.78 is 1.23. The Labute approximate surface area is 185 Å². The van der Waals surface area contributed by atoms with Crippen LogP contribution in [-0.4, -0.2) is 46.4 Å². The molecule has 3 heterocycles. The average molecular weight is 435 g/mol. The van der Waals surface area contributed by atoms with Crippen LogP contribution in [0.4, 0.5) is 10.5 Å². The molecule has 5 rings (SSSR count). The van der Waals surface area contributed by atoms with E-state index in [1.807, 2.05) is 40.1 Å². The highest BCUT2D eigenvalue weighted by atomic mass is 32.1. The summed E-state index contributed by atoms with van der Waals surface area (Å²) in [7, 11) is 0. The van der Waals surface area contributed by atoms with Gasteiger partial charge >= 0.3 is 6.03 Å². The lowest BCUT2D eigenvalue weighted by Crippen LogP contribution is -2.40. The topological polar surface area (TPSA) is 65.5 Å². The van der Waals surface area contributed by atoms with E-state index in [4.69, 9.17) is 4.98 Å². The first-order valence-electron chi connectivity index (χ1n) is 10.9. The molecule has 0 saturated carbocycles. The molecule has 0 atom stereocenters. The molecule has 2 aromatic carbocycles. The summed E-state index contributed by atoms with van der Waals surface area (Å²) >= 11 is 1.77. The van der Waals surface area contributed by atoms with Crippen molar-refractivity contribution >= 4 is 39.2 Å². The number of rotatable bonds is 4. The van der Waals surface area contributed by atoms with E-state index in [-0.39, 0.29) is 11.9 Å². The molecule has 0 spiro atoms. The Hall–Kier alpha value is -2.93. The summed E-state index contributed by atoms with van der Waals surface area (Å²) in [6.07, 6.45) is 3.48. The minimum atomic E-state index is -0.0507. The molecule has 0 bridgehead atoms. The molecule has 0 aliphatic carbocycles. The third-order valence-corrected chi connectivity index (χ3v) is 7.39. The Morgan fingerprint density at radius 2 is 1.84 bits per heavy atom. The number of nitrogens with one attached hydrogen (secondary N) is 1. The highest BCUT2D eigenvalue weighted by Crippen LogP contribution is 2.34. The molecular formula is C24H26N4O2S. The van der Waals surface area contributed by atoms with E-state index in [2.05, 4.69) is 23.5 Å². The van der Waals surface area contributed by atoms with Crippen molar-refractivity contribution in [2.45, 2.75) is 38.1 Å². The van der Waals surface area contributed by atoms with Gasteiger partial charge in [0.15, 0.2) is 0 Å². The van der Waals surface area contributed by atoms with Gasteiger partial charge in [-0.25, -0.2) is 9.78 Å². The summed E-state index contributed by atoms with van der Waals surface area (Å²) in [5.41, 5.74) is 2.94. The fourth-order valence-electron chi connectivity index (χ4n) is 4.38. The molecule has 160 valence electrons. The lowest BCUT2D eigenvalue weighted by atomic mass is 9.98. The molecule has 7 heteroatoms. The van der Waals surface area contributed by atoms with Gasteiger partial charge in [0.1, 0.15) is 0 Å². The number of hydrogen-bond donors (Lipinski definition) is 1. The van der Waals surface area contributed by atoms with Crippen molar-refractivity contribution in [1.82, 2.24) is 14.8 Å². The molecule has 3 amide bonds. The third-order valence-electron chi connectivity index (χ3n) is 6.19. The largest absolute Gasteiger partial charge is 0.338 e. The number of aromatic nitrogens is 1. The smallest absolute Gasteiger partial charge is 0.321 e. The molecule has 1 N–H and O–H groups in total. The molecule has 31 heavy (non-hydrogen) atoms. The van der Waals surface area contributed by atoms with Crippen LogP contribution in [0.25, 0.3) is 10.2 Å². The lowest BCUT2D eigenvalue weighted by molar-refractivity contribution is -0.128. The number of fused-ring (bicyclic) bond motifs is 1. The second-order valence-electron chi connectivity index (χ2n) is 8.33. The number of carbonyl (C=O) groups excluding carboxylic acids is 2. The zero-order chi connectivity index (χ0) is 21.2. The standard InChI is InChI=1S/C24H26N4O2S/c29-22-6-3-13-28(22)16-17-7-9-19(10-8-17)25-24(30)27-14-11-18(12-15-27)23-26-20-4-1-2-5-21(20)31-23/h1-2,4-5,7-10,18H,3,6,11-16H2,(H,25,30). The lowest BCUT2D eigenvalue weighted by Gasteiger charge is -2.31. The normalized spacial score (nSPS) is 17.5. The number of urea groups is 1. The summed E-state index contributed by atoms with van der Waals surface area (Å²) in [6.45, 7) is 2.96. The number of para-hydroxylation sites is 1. The van der Waals surface area contributed by atoms with Crippen molar-refractivity contribution in [3.63, 3.8) is 0 Å². The fourth-order valence-corrected chi connectivity index (χ4v) is 5.52. The number of thiazole rings is 1. The van der Waals surface area contributed by atoms with Gasteiger partial charge in [0.25, 0.3) is 0 Å². The molecule has 2 fully saturated rings. The van der Waals surface area contributed by atoms with E-state index in [9.17, 15) is 9.59 Å². The van der Waals surface area contributed by atoms with Crippen LogP contribution in [0.3, 0.4) is 0 Å². The highest BCUT2D eigenvalue weighted by Gasteiger charge is 2.26. The first-order chi connectivity index (χ1) is 15.2. The molecule has 6 nitrogen and oxygen atoms in total. The van der Waals surface area contributed by atoms with E-state index >= 15 is 0 Å². The van der Waals surface area contributed by atoms with Crippen molar-refractivity contribution in [1.29, 1.82) is 0 Å². The Kier molecular flexibility index (Phi) is 5.59. The maximum absolute atomic E-state index is 12.7. The minimum Gasteiger partial charge on any atom is -0.338 e. The highest BCUT2D eigenvalue weighted by molar-refractivity contribution is 7.18. The fraction of sp³-hybridized carbons (Fsp3) is 0.375. The summed E-state index contributed by atoms with van der Waals surface area (Å²) in [4.78, 5) is 33.1. The van der Waals surface area contributed by atoms with Crippen LogP contribution in [0.15, 0.2) is 48.5 Å². The van der Waals surface area contributed by atoms with E-state index in [1.54, 1.807) is 11.3 Å². The van der Waals surface area contributed by atoms with Gasteiger partial charge in [-0.05, 0) is 49.1 Å². The molecule has 1 aromatic heterocycles. The first kappa shape index (κ1) is 20.0. The summed E-state index contributed by atoms with van der Waals surface area (Å²) in [5, 5.41) is 4.20. The van der Waals surface area contributed by atoms with E-state index in [1.165, 1.54) is 9.71 Å². The van der Waals surface area contributed by atoms with Gasteiger partial charge in [0, 0.05) is 44.2 Å². The predicted molar refractivity (Wildman–Crippen MR) is 123 cm³/mol. The van der Waals surface area contributed by atoms with Gasteiger partial charge in [-0.1, -0.05) is 24.3 Å². The molecule has 2 saturated heterocycles. The molecular weight excluding hydrogens is 408 g/mol. The van der Waals surface area contributed by atoms with Crippen LogP contribution in [0, 0.1) is 0 Å². The zero-order valence-corrected chi connectivity index (χ0v) is 18.2. The van der Waals surface area contributed by atoms with Crippen molar-refractivity contribution in [2.24, 2.45) is 0 Å². The van der Waals surface area contributed by atoms with Gasteiger partial charge in [-0.2, -0.15) is 0 Å².